The topological polar surface area (TPSA) is 46.2 Å². The Morgan fingerprint density at radius 3 is 2.56 bits per heavy atom. The van der Waals surface area contributed by atoms with E-state index in [-0.39, 0.29) is 10.4 Å². The monoisotopic (exact) mass is 191 g/mol. The maximum Gasteiger partial charge on any atom is 0.258 e. The van der Waals surface area contributed by atoms with Crippen LogP contribution in [0.15, 0.2) is 10.6 Å². The molecule has 0 aromatic heterocycles. The molecule has 3 nitrogen and oxygen atoms in total. The minimum atomic E-state index is -0.304. The second-order valence-corrected chi connectivity index (χ2v) is 2.08. The van der Waals surface area contributed by atoms with Gasteiger partial charge >= 0.3 is 0 Å². The molecule has 50 valence electrons. The molecular weight excluding hydrogens is 186 g/mol. The maximum absolute atomic E-state index is 10.5. The first-order valence-electron chi connectivity index (χ1n) is 2.25. The van der Waals surface area contributed by atoms with Gasteiger partial charge in [0.25, 0.3) is 5.91 Å². The number of likely N-dealkylation sites (N-methyl/N-ethyl adjacent to an activating group) is 1. The summed E-state index contributed by atoms with van der Waals surface area (Å²) in [5.41, 5.74) is 0. The Bertz CT molecular complexity index is 153. The summed E-state index contributed by atoms with van der Waals surface area (Å²) >= 11 is 2.88. The van der Waals surface area contributed by atoms with E-state index < -0.39 is 0 Å². The number of carbonyl (C=O) groups excluding carboxylic acids is 2. The predicted molar refractivity (Wildman–Crippen MR) is 37.1 cm³/mol. The van der Waals surface area contributed by atoms with Crippen molar-refractivity contribution in [3.8, 4) is 0 Å². The maximum atomic E-state index is 10.5. The average molecular weight is 192 g/mol. The first-order valence-corrected chi connectivity index (χ1v) is 3.04. The van der Waals surface area contributed by atoms with Crippen LogP contribution in [0.5, 0.6) is 0 Å². The number of allylic oxidation sites excluding steroid dienone is 1. The van der Waals surface area contributed by atoms with Crippen LogP contribution in [-0.2, 0) is 9.59 Å². The number of halogens is 1. The summed E-state index contributed by atoms with van der Waals surface area (Å²) in [7, 11) is 1.49. The lowest BCUT2D eigenvalue weighted by molar-refractivity contribution is -0.116. The minimum absolute atomic E-state index is 0.236. The van der Waals surface area contributed by atoms with Gasteiger partial charge in [-0.3, -0.25) is 9.59 Å². The molecule has 0 heterocycles. The zero-order chi connectivity index (χ0) is 7.28. The fraction of sp³-hybridized carbons (Fsp3) is 0.200. The summed E-state index contributed by atoms with van der Waals surface area (Å²) in [6.07, 6.45) is 1.68. The zero-order valence-corrected chi connectivity index (χ0v) is 6.44. The van der Waals surface area contributed by atoms with Gasteiger partial charge in [0.1, 0.15) is 6.29 Å². The summed E-state index contributed by atoms with van der Waals surface area (Å²) in [6, 6.07) is 0. The van der Waals surface area contributed by atoms with Gasteiger partial charge in [-0.15, -0.1) is 0 Å². The molecule has 0 aromatic carbocycles. The molecule has 0 aromatic rings. The average Bonchev–Trinajstić information content (AvgIpc) is 1.87. The summed E-state index contributed by atoms with van der Waals surface area (Å²) in [4.78, 5) is 20.3. The molecule has 0 fully saturated rings. The van der Waals surface area contributed by atoms with Gasteiger partial charge in [0, 0.05) is 7.05 Å². The Kier molecular flexibility index (Phi) is 3.96. The van der Waals surface area contributed by atoms with Crippen molar-refractivity contribution in [2.45, 2.75) is 0 Å². The number of nitrogens with one attached hydrogen (secondary N) is 1. The molecule has 0 aliphatic carbocycles. The number of rotatable bonds is 2. The first-order chi connectivity index (χ1) is 4.22. The molecule has 0 spiro atoms. The molecule has 4 heteroatoms. The van der Waals surface area contributed by atoms with Gasteiger partial charge in [-0.25, -0.2) is 0 Å². The molecule has 0 unspecified atom stereocenters. The van der Waals surface area contributed by atoms with E-state index in [9.17, 15) is 9.59 Å². The zero-order valence-electron chi connectivity index (χ0n) is 4.85. The first kappa shape index (κ1) is 8.36. The molecule has 0 saturated heterocycles. The molecular formula is C5H6BrNO2. The Balaban J connectivity index is 4.01. The molecule has 9 heavy (non-hydrogen) atoms. The number of carbonyl (C=O) groups is 2. The van der Waals surface area contributed by atoms with Crippen molar-refractivity contribution in [1.82, 2.24) is 5.32 Å². The third-order valence-electron chi connectivity index (χ3n) is 0.658. The molecule has 0 saturated carbocycles. The quantitative estimate of drug-likeness (QED) is 0.502. The van der Waals surface area contributed by atoms with Crippen molar-refractivity contribution >= 4 is 28.1 Å². The lowest BCUT2D eigenvalue weighted by Gasteiger charge is -1.92. The van der Waals surface area contributed by atoms with Crippen LogP contribution in [0.1, 0.15) is 0 Å². The van der Waals surface area contributed by atoms with E-state index >= 15 is 0 Å². The summed E-state index contributed by atoms with van der Waals surface area (Å²) < 4.78 is 0.236. The SMILES string of the molecule is CNC(=O)/C(Br)=C\C=O. The van der Waals surface area contributed by atoms with Crippen LogP contribution in [0.2, 0.25) is 0 Å². The Morgan fingerprint density at radius 1 is 1.67 bits per heavy atom. The molecule has 0 aliphatic rings. The Hall–Kier alpha value is -0.640. The molecule has 1 amide bonds. The van der Waals surface area contributed by atoms with Crippen molar-refractivity contribution in [3.63, 3.8) is 0 Å². The fourth-order valence-corrected chi connectivity index (χ4v) is 0.561. The lowest BCUT2D eigenvalue weighted by Crippen LogP contribution is -2.17. The van der Waals surface area contributed by atoms with Crippen LogP contribution in [0.4, 0.5) is 0 Å². The summed E-state index contributed by atoms with van der Waals surface area (Å²) in [5.74, 6) is -0.304. The van der Waals surface area contributed by atoms with Gasteiger partial charge in [0.2, 0.25) is 0 Å². The third kappa shape index (κ3) is 3.03. The van der Waals surface area contributed by atoms with Gasteiger partial charge in [-0.05, 0) is 22.0 Å². The minimum Gasteiger partial charge on any atom is -0.355 e. The van der Waals surface area contributed by atoms with Crippen molar-refractivity contribution in [1.29, 1.82) is 0 Å². The van der Waals surface area contributed by atoms with Gasteiger partial charge in [0.15, 0.2) is 0 Å². The number of hydrogen-bond acceptors (Lipinski definition) is 2. The molecule has 0 aliphatic heterocycles. The van der Waals surface area contributed by atoms with Gasteiger partial charge in [-0.2, -0.15) is 0 Å². The summed E-state index contributed by atoms with van der Waals surface area (Å²) in [6.45, 7) is 0. The number of aldehydes is 1. The van der Waals surface area contributed by atoms with Gasteiger partial charge in [0.05, 0.1) is 4.48 Å². The third-order valence-corrected chi connectivity index (χ3v) is 1.28. The lowest BCUT2D eigenvalue weighted by atomic mass is 10.5. The van der Waals surface area contributed by atoms with E-state index in [0.717, 1.165) is 6.08 Å². The number of amides is 1. The molecule has 0 radical (unpaired) electrons. The summed E-state index contributed by atoms with van der Waals surface area (Å²) in [5, 5.41) is 2.34. The largest absolute Gasteiger partial charge is 0.355 e. The van der Waals surface area contributed by atoms with Crippen LogP contribution >= 0.6 is 15.9 Å². The highest BCUT2D eigenvalue weighted by Gasteiger charge is 1.99. The van der Waals surface area contributed by atoms with Crippen LogP contribution in [-0.4, -0.2) is 19.2 Å². The normalized spacial score (nSPS) is 10.7. The van der Waals surface area contributed by atoms with Crippen molar-refractivity contribution in [2.24, 2.45) is 0 Å². The van der Waals surface area contributed by atoms with E-state index in [2.05, 4.69) is 21.2 Å². The van der Waals surface area contributed by atoms with E-state index in [1.807, 2.05) is 0 Å². The van der Waals surface area contributed by atoms with Crippen LogP contribution in [0, 0.1) is 0 Å². The van der Waals surface area contributed by atoms with E-state index in [1.54, 1.807) is 0 Å². The fourth-order valence-electron chi connectivity index (χ4n) is 0.255. The van der Waals surface area contributed by atoms with Crippen molar-refractivity contribution in [3.05, 3.63) is 10.6 Å². The Labute approximate surface area is 61.2 Å². The van der Waals surface area contributed by atoms with Gasteiger partial charge in [-0.1, -0.05) is 0 Å². The van der Waals surface area contributed by atoms with Gasteiger partial charge < -0.3 is 5.32 Å². The van der Waals surface area contributed by atoms with Crippen LogP contribution < -0.4 is 5.32 Å². The van der Waals surface area contributed by atoms with Crippen LogP contribution in [0.25, 0.3) is 0 Å². The molecule has 0 atom stereocenters. The number of hydrogen-bond donors (Lipinski definition) is 1. The van der Waals surface area contributed by atoms with Crippen LogP contribution in [0.3, 0.4) is 0 Å². The van der Waals surface area contributed by atoms with Crippen molar-refractivity contribution in [2.75, 3.05) is 7.05 Å². The highest BCUT2D eigenvalue weighted by molar-refractivity contribution is 9.12. The smallest absolute Gasteiger partial charge is 0.258 e. The highest BCUT2D eigenvalue weighted by Crippen LogP contribution is 2.01. The predicted octanol–water partition coefficient (Wildman–Crippen LogP) is 0.210. The Morgan fingerprint density at radius 2 is 2.22 bits per heavy atom. The molecule has 1 N–H and O–H groups in total. The van der Waals surface area contributed by atoms with E-state index in [4.69, 9.17) is 0 Å². The molecule has 0 rings (SSSR count). The second kappa shape index (κ2) is 4.26. The second-order valence-electron chi connectivity index (χ2n) is 1.23. The molecule has 0 bridgehead atoms. The highest BCUT2D eigenvalue weighted by atomic mass is 79.9. The van der Waals surface area contributed by atoms with Crippen molar-refractivity contribution < 1.29 is 9.59 Å². The van der Waals surface area contributed by atoms with E-state index in [1.165, 1.54) is 7.05 Å². The van der Waals surface area contributed by atoms with E-state index in [0.29, 0.717) is 6.29 Å². The standard InChI is InChI=1S/C5H6BrNO2/c1-7-5(9)4(6)2-3-8/h2-3H,1H3,(H,7,9)/b4-2+.